The molecule has 0 aromatic heterocycles. The van der Waals surface area contributed by atoms with Crippen LogP contribution >= 0.6 is 23.2 Å². The van der Waals surface area contributed by atoms with Crippen LogP contribution in [0.1, 0.15) is 38.5 Å². The summed E-state index contributed by atoms with van der Waals surface area (Å²) in [5, 5.41) is 6.94. The molecule has 3 amide bonds. The molecule has 9 nitrogen and oxygen atoms in total. The molecule has 4 fully saturated rings. The fourth-order valence-corrected chi connectivity index (χ4v) is 7.95. The van der Waals surface area contributed by atoms with Gasteiger partial charge in [-0.05, 0) is 51.1 Å². The maximum atomic E-state index is 14.2. The molecule has 1 spiro atoms. The van der Waals surface area contributed by atoms with Gasteiger partial charge in [0.1, 0.15) is 11.6 Å². The number of benzene rings is 1. The van der Waals surface area contributed by atoms with Crippen molar-refractivity contribution in [2.24, 2.45) is 11.8 Å². The topological polar surface area (TPSA) is 94.2 Å². The van der Waals surface area contributed by atoms with Crippen molar-refractivity contribution in [2.45, 2.75) is 62.3 Å². The van der Waals surface area contributed by atoms with Crippen molar-refractivity contribution in [3.63, 3.8) is 0 Å². The number of piperazine rings is 1. The number of nitrogens with zero attached hydrogens (tertiary/aromatic N) is 3. The van der Waals surface area contributed by atoms with E-state index in [1.807, 2.05) is 12.2 Å². The minimum Gasteiger partial charge on any atom is -0.359 e. The molecule has 222 valence electrons. The van der Waals surface area contributed by atoms with Gasteiger partial charge in [0, 0.05) is 54.5 Å². The van der Waals surface area contributed by atoms with Crippen molar-refractivity contribution in [2.75, 3.05) is 51.6 Å². The third-order valence-corrected chi connectivity index (χ3v) is 9.91. The number of halogens is 2. The zero-order valence-corrected chi connectivity index (χ0v) is 25.0. The van der Waals surface area contributed by atoms with E-state index >= 15 is 0 Å². The summed E-state index contributed by atoms with van der Waals surface area (Å²) in [6.45, 7) is 5.32. The average Bonchev–Trinajstić information content (AvgIpc) is 3.57. The smallest absolute Gasteiger partial charge is 0.246 e. The lowest BCUT2D eigenvalue weighted by atomic mass is 9.74. The van der Waals surface area contributed by atoms with Crippen molar-refractivity contribution in [3.8, 4) is 0 Å². The van der Waals surface area contributed by atoms with E-state index in [9.17, 15) is 14.4 Å². The van der Waals surface area contributed by atoms with Gasteiger partial charge in [0.15, 0.2) is 0 Å². The lowest BCUT2D eigenvalue weighted by Crippen LogP contribution is -2.56. The normalized spacial score (nSPS) is 32.0. The number of amides is 3. The third kappa shape index (κ3) is 5.64. The molecule has 1 aliphatic carbocycles. The first kappa shape index (κ1) is 28.9. The summed E-state index contributed by atoms with van der Waals surface area (Å²) in [5.74, 6) is -2.26. The van der Waals surface area contributed by atoms with E-state index in [0.29, 0.717) is 22.3 Å². The summed E-state index contributed by atoms with van der Waals surface area (Å²) in [7, 11) is 2.13. The number of ether oxygens (including phenoxy) is 1. The Morgan fingerprint density at radius 3 is 2.41 bits per heavy atom. The van der Waals surface area contributed by atoms with Crippen LogP contribution in [-0.2, 0) is 19.1 Å². The van der Waals surface area contributed by atoms with Crippen LogP contribution < -0.4 is 10.6 Å². The lowest BCUT2D eigenvalue weighted by molar-refractivity contribution is -0.141. The first-order valence-corrected chi connectivity index (χ1v) is 15.7. The van der Waals surface area contributed by atoms with Crippen molar-refractivity contribution in [1.29, 1.82) is 0 Å². The van der Waals surface area contributed by atoms with Crippen LogP contribution in [-0.4, -0.2) is 103 Å². The van der Waals surface area contributed by atoms with Crippen LogP contribution in [0.4, 0.5) is 5.69 Å². The number of likely N-dealkylation sites (N-methyl/N-ethyl adjacent to an activating group) is 1. The quantitative estimate of drug-likeness (QED) is 0.443. The van der Waals surface area contributed by atoms with Gasteiger partial charge < -0.3 is 30.1 Å². The number of rotatable bonds is 8. The van der Waals surface area contributed by atoms with Crippen LogP contribution in [0.3, 0.4) is 0 Å². The van der Waals surface area contributed by atoms with Gasteiger partial charge in [0.2, 0.25) is 17.7 Å². The van der Waals surface area contributed by atoms with Gasteiger partial charge in [-0.15, -0.1) is 0 Å². The summed E-state index contributed by atoms with van der Waals surface area (Å²) >= 11 is 12.3. The zero-order valence-electron chi connectivity index (χ0n) is 23.5. The number of hydrogen-bond donors (Lipinski definition) is 2. The molecule has 41 heavy (non-hydrogen) atoms. The average molecular weight is 605 g/mol. The Morgan fingerprint density at radius 2 is 1.71 bits per heavy atom. The third-order valence-electron chi connectivity index (χ3n) is 9.48. The highest BCUT2D eigenvalue weighted by Crippen LogP contribution is 2.55. The summed E-state index contributed by atoms with van der Waals surface area (Å²) in [4.78, 5) is 48.2. The Labute approximate surface area is 251 Å². The molecular weight excluding hydrogens is 565 g/mol. The molecule has 1 saturated carbocycles. The van der Waals surface area contributed by atoms with E-state index in [1.165, 1.54) is 6.42 Å². The molecule has 2 N–H and O–H groups in total. The van der Waals surface area contributed by atoms with Crippen molar-refractivity contribution in [3.05, 3.63) is 40.4 Å². The van der Waals surface area contributed by atoms with E-state index in [-0.39, 0.29) is 23.8 Å². The molecule has 4 heterocycles. The maximum Gasteiger partial charge on any atom is 0.246 e. The van der Waals surface area contributed by atoms with Gasteiger partial charge >= 0.3 is 0 Å². The molecule has 0 radical (unpaired) electrons. The van der Waals surface area contributed by atoms with Gasteiger partial charge in [0.25, 0.3) is 0 Å². The van der Waals surface area contributed by atoms with E-state index in [2.05, 4.69) is 27.5 Å². The molecular formula is C30H39Cl2N5O4. The zero-order chi connectivity index (χ0) is 28.7. The second kappa shape index (κ2) is 11.8. The number of hydrogen-bond acceptors (Lipinski definition) is 6. The van der Waals surface area contributed by atoms with E-state index in [4.69, 9.17) is 27.9 Å². The minimum atomic E-state index is -1.16. The first-order valence-electron chi connectivity index (χ1n) is 14.9. The van der Waals surface area contributed by atoms with Gasteiger partial charge in [-0.2, -0.15) is 0 Å². The largest absolute Gasteiger partial charge is 0.359 e. The molecule has 11 heteroatoms. The number of carbonyl (C=O) groups is 3. The Balaban J connectivity index is 1.23. The van der Waals surface area contributed by atoms with E-state index < -0.39 is 29.6 Å². The summed E-state index contributed by atoms with van der Waals surface area (Å²) in [6, 6.07) is 4.11. The SMILES string of the molecule is CN1CCN(CCCN2C(=O)C3C(C(=O)Nc4cc(Cl)cc(Cl)c4)C4C=CC3(O4)C2C(=O)NC2CCCCC2)CC1. The number of carbonyl (C=O) groups excluding carboxylic acids is 3. The number of nitrogens with one attached hydrogen (secondary N) is 2. The molecule has 4 aliphatic heterocycles. The Morgan fingerprint density at radius 1 is 1.00 bits per heavy atom. The van der Waals surface area contributed by atoms with E-state index in [0.717, 1.165) is 64.8 Å². The molecule has 1 aromatic rings. The van der Waals surface area contributed by atoms with Gasteiger partial charge in [0.05, 0.1) is 17.9 Å². The molecule has 5 atom stereocenters. The fourth-order valence-electron chi connectivity index (χ4n) is 7.42. The highest BCUT2D eigenvalue weighted by Gasteiger charge is 2.72. The van der Waals surface area contributed by atoms with Gasteiger partial charge in [-0.3, -0.25) is 14.4 Å². The highest BCUT2D eigenvalue weighted by molar-refractivity contribution is 6.35. The highest BCUT2D eigenvalue weighted by atomic mass is 35.5. The fraction of sp³-hybridized carbons (Fsp3) is 0.633. The number of likely N-dealkylation sites (tertiary alicyclic amines) is 1. The van der Waals surface area contributed by atoms with Crippen molar-refractivity contribution in [1.82, 2.24) is 20.0 Å². The van der Waals surface area contributed by atoms with E-state index in [1.54, 1.807) is 23.1 Å². The standard InChI is InChI=1S/C30H39Cl2N5O4/c1-35-12-14-36(15-13-35)10-5-11-37-26(28(39)33-21-6-3-2-4-7-21)30-9-8-23(41-30)24(25(30)29(37)40)27(38)34-22-17-19(31)16-20(32)18-22/h8-9,16-18,21,23-26H,2-7,10-15H2,1H3,(H,33,39)(H,34,38). The number of anilines is 1. The first-order chi connectivity index (χ1) is 19.7. The second-order valence-electron chi connectivity index (χ2n) is 12.2. The van der Waals surface area contributed by atoms with Gasteiger partial charge in [-0.25, -0.2) is 0 Å². The molecule has 5 unspecified atom stereocenters. The monoisotopic (exact) mass is 603 g/mol. The Bertz CT molecular complexity index is 1200. The van der Waals surface area contributed by atoms with Gasteiger partial charge in [-0.1, -0.05) is 54.6 Å². The van der Waals surface area contributed by atoms with Crippen LogP contribution in [0.2, 0.25) is 10.0 Å². The van der Waals surface area contributed by atoms with Crippen LogP contribution in [0.25, 0.3) is 0 Å². The predicted molar refractivity (Wildman–Crippen MR) is 158 cm³/mol. The molecule has 3 saturated heterocycles. The molecule has 2 bridgehead atoms. The van der Waals surface area contributed by atoms with Crippen molar-refractivity contribution < 1.29 is 19.1 Å². The Kier molecular flexibility index (Phi) is 8.35. The molecule has 1 aromatic carbocycles. The summed E-state index contributed by atoms with van der Waals surface area (Å²) < 4.78 is 6.47. The Hall–Kier alpha value is -2.17. The van der Waals surface area contributed by atoms with Crippen LogP contribution in [0.15, 0.2) is 30.4 Å². The van der Waals surface area contributed by atoms with Crippen molar-refractivity contribution >= 4 is 46.6 Å². The van der Waals surface area contributed by atoms with Crippen LogP contribution in [0, 0.1) is 11.8 Å². The molecule has 5 aliphatic rings. The minimum absolute atomic E-state index is 0.100. The lowest BCUT2D eigenvalue weighted by Gasteiger charge is -2.35. The number of fused-ring (bicyclic) bond motifs is 1. The predicted octanol–water partition coefficient (Wildman–Crippen LogP) is 3.17. The maximum absolute atomic E-state index is 14.2. The second-order valence-corrected chi connectivity index (χ2v) is 13.1. The summed E-state index contributed by atoms with van der Waals surface area (Å²) in [6.07, 6.45) is 9.11. The summed E-state index contributed by atoms with van der Waals surface area (Å²) in [5.41, 5.74) is -0.711. The van der Waals surface area contributed by atoms with Crippen LogP contribution in [0.5, 0.6) is 0 Å². The molecule has 6 rings (SSSR count).